The molecule has 4 heteroatoms. The Morgan fingerprint density at radius 3 is 2.42 bits per heavy atom. The van der Waals surface area contributed by atoms with Gasteiger partial charge in [0.2, 0.25) is 0 Å². The quantitative estimate of drug-likeness (QED) is 0.872. The highest BCUT2D eigenvalue weighted by molar-refractivity contribution is 6.30. The molecule has 0 aliphatic heterocycles. The zero-order valence-electron chi connectivity index (χ0n) is 10.5. The standard InChI is InChI=1S/C15H14ClF2N/c1-10(11-2-5-13(16)6-3-11)19-9-12-4-7-14(17)8-15(12)18/h2-8,10,19H,9H2,1H3/t10-/m1/s1. The molecule has 0 unspecified atom stereocenters. The van der Waals surface area contributed by atoms with Crippen LogP contribution < -0.4 is 5.32 Å². The van der Waals surface area contributed by atoms with E-state index in [1.807, 2.05) is 31.2 Å². The van der Waals surface area contributed by atoms with Crippen molar-refractivity contribution >= 4 is 11.6 Å². The van der Waals surface area contributed by atoms with Gasteiger partial charge in [-0.05, 0) is 30.7 Å². The first-order valence-corrected chi connectivity index (χ1v) is 6.37. The highest BCUT2D eigenvalue weighted by Gasteiger charge is 2.07. The van der Waals surface area contributed by atoms with E-state index in [9.17, 15) is 8.78 Å². The van der Waals surface area contributed by atoms with Crippen LogP contribution >= 0.6 is 11.6 Å². The normalized spacial score (nSPS) is 12.4. The van der Waals surface area contributed by atoms with E-state index < -0.39 is 11.6 Å². The lowest BCUT2D eigenvalue weighted by Gasteiger charge is -2.14. The Balaban J connectivity index is 2.00. The maximum absolute atomic E-state index is 13.5. The third-order valence-electron chi connectivity index (χ3n) is 2.98. The Hall–Kier alpha value is -1.45. The SMILES string of the molecule is C[C@@H](NCc1ccc(F)cc1F)c1ccc(Cl)cc1. The van der Waals surface area contributed by atoms with E-state index in [1.165, 1.54) is 12.1 Å². The third-order valence-corrected chi connectivity index (χ3v) is 3.24. The second-order valence-corrected chi connectivity index (χ2v) is 4.83. The zero-order valence-corrected chi connectivity index (χ0v) is 11.2. The molecule has 0 radical (unpaired) electrons. The van der Waals surface area contributed by atoms with Crippen LogP contribution in [0, 0.1) is 11.6 Å². The molecule has 2 rings (SSSR count). The van der Waals surface area contributed by atoms with Crippen LogP contribution in [-0.2, 0) is 6.54 Å². The van der Waals surface area contributed by atoms with Gasteiger partial charge < -0.3 is 5.32 Å². The molecule has 0 bridgehead atoms. The summed E-state index contributed by atoms with van der Waals surface area (Å²) in [6, 6.07) is 11.1. The van der Waals surface area contributed by atoms with Gasteiger partial charge in [0.15, 0.2) is 0 Å². The first-order valence-electron chi connectivity index (χ1n) is 5.99. The second-order valence-electron chi connectivity index (χ2n) is 4.39. The van der Waals surface area contributed by atoms with Gasteiger partial charge in [0.1, 0.15) is 11.6 Å². The highest BCUT2D eigenvalue weighted by atomic mass is 35.5. The molecule has 0 saturated heterocycles. The summed E-state index contributed by atoms with van der Waals surface area (Å²) in [6.45, 7) is 2.32. The molecule has 0 fully saturated rings. The highest BCUT2D eigenvalue weighted by Crippen LogP contribution is 2.17. The van der Waals surface area contributed by atoms with E-state index in [2.05, 4.69) is 5.32 Å². The smallest absolute Gasteiger partial charge is 0.130 e. The van der Waals surface area contributed by atoms with Gasteiger partial charge in [-0.15, -0.1) is 0 Å². The lowest BCUT2D eigenvalue weighted by molar-refractivity contribution is 0.533. The summed E-state index contributed by atoms with van der Waals surface area (Å²) in [7, 11) is 0. The molecule has 1 nitrogen and oxygen atoms in total. The summed E-state index contributed by atoms with van der Waals surface area (Å²) in [4.78, 5) is 0. The second kappa shape index (κ2) is 6.13. The Morgan fingerprint density at radius 1 is 1.11 bits per heavy atom. The van der Waals surface area contributed by atoms with Crippen LogP contribution in [0.15, 0.2) is 42.5 Å². The summed E-state index contributed by atoms with van der Waals surface area (Å²) in [5, 5.41) is 3.87. The number of benzene rings is 2. The first-order chi connectivity index (χ1) is 9.06. The molecule has 2 aromatic carbocycles. The van der Waals surface area contributed by atoms with Crippen molar-refractivity contribution in [2.24, 2.45) is 0 Å². The van der Waals surface area contributed by atoms with Crippen molar-refractivity contribution in [2.45, 2.75) is 19.5 Å². The fourth-order valence-corrected chi connectivity index (χ4v) is 1.92. The van der Waals surface area contributed by atoms with Crippen LogP contribution in [0.3, 0.4) is 0 Å². The third kappa shape index (κ3) is 3.75. The molecule has 2 aromatic rings. The maximum Gasteiger partial charge on any atom is 0.130 e. The monoisotopic (exact) mass is 281 g/mol. The van der Waals surface area contributed by atoms with Gasteiger partial charge in [-0.1, -0.05) is 29.8 Å². The molecule has 19 heavy (non-hydrogen) atoms. The van der Waals surface area contributed by atoms with Crippen molar-refractivity contribution < 1.29 is 8.78 Å². The summed E-state index contributed by atoms with van der Waals surface area (Å²) >= 11 is 5.82. The fraction of sp³-hybridized carbons (Fsp3) is 0.200. The van der Waals surface area contributed by atoms with Gasteiger partial charge in [-0.3, -0.25) is 0 Å². The van der Waals surface area contributed by atoms with Gasteiger partial charge in [0.05, 0.1) is 0 Å². The van der Waals surface area contributed by atoms with Gasteiger partial charge >= 0.3 is 0 Å². The van der Waals surface area contributed by atoms with Crippen LogP contribution in [0.5, 0.6) is 0 Å². The Bertz CT molecular complexity index is 555. The summed E-state index contributed by atoms with van der Waals surface area (Å²) < 4.78 is 26.2. The molecule has 0 saturated carbocycles. The number of hydrogen-bond donors (Lipinski definition) is 1. The number of rotatable bonds is 4. The van der Waals surface area contributed by atoms with E-state index in [1.54, 1.807) is 0 Å². The average molecular weight is 282 g/mol. The van der Waals surface area contributed by atoms with E-state index in [0.29, 0.717) is 17.1 Å². The Morgan fingerprint density at radius 2 is 1.79 bits per heavy atom. The minimum Gasteiger partial charge on any atom is -0.306 e. The summed E-state index contributed by atoms with van der Waals surface area (Å²) in [6.07, 6.45) is 0. The van der Waals surface area contributed by atoms with Crippen molar-refractivity contribution in [1.29, 1.82) is 0 Å². The number of nitrogens with one attached hydrogen (secondary N) is 1. The van der Waals surface area contributed by atoms with Crippen LogP contribution in [0.25, 0.3) is 0 Å². The van der Waals surface area contributed by atoms with Crippen molar-refractivity contribution in [3.05, 3.63) is 70.2 Å². The summed E-state index contributed by atoms with van der Waals surface area (Å²) in [5.74, 6) is -1.09. The van der Waals surface area contributed by atoms with E-state index in [0.717, 1.165) is 11.6 Å². The van der Waals surface area contributed by atoms with Gasteiger partial charge in [0, 0.05) is 29.2 Å². The lowest BCUT2D eigenvalue weighted by Crippen LogP contribution is -2.18. The number of halogens is 3. The van der Waals surface area contributed by atoms with Gasteiger partial charge in [-0.2, -0.15) is 0 Å². The van der Waals surface area contributed by atoms with Crippen molar-refractivity contribution in [3.63, 3.8) is 0 Å². The molecule has 1 atom stereocenters. The van der Waals surface area contributed by atoms with Crippen molar-refractivity contribution in [2.75, 3.05) is 0 Å². The van der Waals surface area contributed by atoms with Crippen molar-refractivity contribution in [3.8, 4) is 0 Å². The summed E-state index contributed by atoms with van der Waals surface area (Å²) in [5.41, 5.74) is 1.51. The van der Waals surface area contributed by atoms with Crippen LogP contribution in [0.1, 0.15) is 24.1 Å². The topological polar surface area (TPSA) is 12.0 Å². The average Bonchev–Trinajstić information content (AvgIpc) is 2.38. The van der Waals surface area contributed by atoms with E-state index in [-0.39, 0.29) is 6.04 Å². The van der Waals surface area contributed by atoms with Gasteiger partial charge in [-0.25, -0.2) is 8.78 Å². The fourth-order valence-electron chi connectivity index (χ4n) is 1.80. The molecule has 0 amide bonds. The van der Waals surface area contributed by atoms with Crippen molar-refractivity contribution in [1.82, 2.24) is 5.32 Å². The molecule has 0 heterocycles. The molecular formula is C15H14ClF2N. The van der Waals surface area contributed by atoms with E-state index >= 15 is 0 Å². The predicted molar refractivity (Wildman–Crippen MR) is 73.1 cm³/mol. The zero-order chi connectivity index (χ0) is 13.8. The molecule has 0 aliphatic carbocycles. The minimum atomic E-state index is -0.563. The molecule has 0 aliphatic rings. The van der Waals surface area contributed by atoms with E-state index in [4.69, 9.17) is 11.6 Å². The lowest BCUT2D eigenvalue weighted by atomic mass is 10.1. The number of hydrogen-bond acceptors (Lipinski definition) is 1. The molecular weight excluding hydrogens is 268 g/mol. The Labute approximate surface area is 116 Å². The molecule has 100 valence electrons. The van der Waals surface area contributed by atoms with Crippen LogP contribution in [-0.4, -0.2) is 0 Å². The molecule has 1 N–H and O–H groups in total. The molecule has 0 aromatic heterocycles. The molecule has 0 spiro atoms. The predicted octanol–water partition coefficient (Wildman–Crippen LogP) is 4.47. The Kier molecular flexibility index (Phi) is 4.51. The maximum atomic E-state index is 13.5. The van der Waals surface area contributed by atoms with Gasteiger partial charge in [0.25, 0.3) is 0 Å². The van der Waals surface area contributed by atoms with Crippen LogP contribution in [0.2, 0.25) is 5.02 Å². The van der Waals surface area contributed by atoms with Crippen LogP contribution in [0.4, 0.5) is 8.78 Å². The first kappa shape index (κ1) is 14.0. The minimum absolute atomic E-state index is 0.0571. The largest absolute Gasteiger partial charge is 0.306 e.